The lowest BCUT2D eigenvalue weighted by molar-refractivity contribution is -0.138. The summed E-state index contributed by atoms with van der Waals surface area (Å²) in [4.78, 5) is 7.91. The van der Waals surface area contributed by atoms with Gasteiger partial charge in [0.05, 0.1) is 22.9 Å². The summed E-state index contributed by atoms with van der Waals surface area (Å²) in [5.74, 6) is 0.351. The maximum Gasteiger partial charge on any atom is 0.416 e. The zero-order valence-corrected chi connectivity index (χ0v) is 16.8. The minimum atomic E-state index is -4.47. The Hall–Kier alpha value is -2.86. The third kappa shape index (κ3) is 5.00. The number of nitriles is 1. The molecule has 0 bridgehead atoms. The van der Waals surface area contributed by atoms with Gasteiger partial charge in [0.1, 0.15) is 11.9 Å². The predicted octanol–water partition coefficient (Wildman–Crippen LogP) is 4.33. The number of pyridine rings is 2. The first-order valence-corrected chi connectivity index (χ1v) is 9.69. The van der Waals surface area contributed by atoms with E-state index in [4.69, 9.17) is 0 Å². The van der Waals surface area contributed by atoms with Crippen molar-refractivity contribution in [3.63, 3.8) is 0 Å². The highest BCUT2D eigenvalue weighted by atomic mass is 19.4. The van der Waals surface area contributed by atoms with Gasteiger partial charge in [0.15, 0.2) is 0 Å². The molecule has 3 N–H and O–H groups in total. The number of hydrogen-bond acceptors (Lipinski definition) is 6. The van der Waals surface area contributed by atoms with Gasteiger partial charge in [0.2, 0.25) is 0 Å². The molecular weight excluding hydrogens is 395 g/mol. The number of nitrogens with one attached hydrogen (secondary N) is 2. The van der Waals surface area contributed by atoms with Crippen molar-refractivity contribution >= 4 is 11.5 Å². The molecule has 6 nitrogen and oxygen atoms in total. The molecule has 1 aliphatic carbocycles. The molecule has 30 heavy (non-hydrogen) atoms. The number of halogens is 3. The van der Waals surface area contributed by atoms with Gasteiger partial charge < -0.3 is 15.7 Å². The molecule has 0 amide bonds. The lowest BCUT2D eigenvalue weighted by Crippen LogP contribution is -2.41. The zero-order chi connectivity index (χ0) is 21.9. The van der Waals surface area contributed by atoms with Crippen molar-refractivity contribution in [1.29, 1.82) is 5.26 Å². The van der Waals surface area contributed by atoms with Gasteiger partial charge in [-0.1, -0.05) is 13.8 Å². The third-order valence-corrected chi connectivity index (χ3v) is 5.52. The number of rotatable bonds is 5. The van der Waals surface area contributed by atoms with Crippen LogP contribution in [0.25, 0.3) is 0 Å². The second-order valence-electron chi connectivity index (χ2n) is 8.24. The molecule has 2 heterocycles. The molecule has 2 aromatic rings. The molecule has 0 unspecified atom stereocenters. The summed E-state index contributed by atoms with van der Waals surface area (Å²) in [5.41, 5.74) is -0.0737. The number of hydrogen-bond donors (Lipinski definition) is 3. The lowest BCUT2D eigenvalue weighted by atomic mass is 9.73. The van der Waals surface area contributed by atoms with E-state index in [1.165, 1.54) is 12.4 Å². The van der Waals surface area contributed by atoms with Crippen molar-refractivity contribution in [2.75, 3.05) is 10.6 Å². The van der Waals surface area contributed by atoms with E-state index in [-0.39, 0.29) is 29.7 Å². The van der Waals surface area contributed by atoms with Gasteiger partial charge in [-0.05, 0) is 30.7 Å². The Morgan fingerprint density at radius 2 is 2.07 bits per heavy atom. The summed E-state index contributed by atoms with van der Waals surface area (Å²) in [6.45, 7) is 3.90. The molecule has 0 radical (unpaired) electrons. The normalized spacial score (nSPS) is 21.0. The molecule has 1 aliphatic rings. The molecule has 2 atom stereocenters. The fourth-order valence-electron chi connectivity index (χ4n) is 3.76. The van der Waals surface area contributed by atoms with Crippen LogP contribution >= 0.6 is 0 Å². The van der Waals surface area contributed by atoms with Crippen LogP contribution in [0.15, 0.2) is 30.7 Å². The van der Waals surface area contributed by atoms with E-state index in [2.05, 4.69) is 26.7 Å². The molecule has 1 saturated carbocycles. The fourth-order valence-corrected chi connectivity index (χ4v) is 3.76. The van der Waals surface area contributed by atoms with E-state index in [1.54, 1.807) is 6.07 Å². The van der Waals surface area contributed by atoms with E-state index in [0.717, 1.165) is 25.1 Å². The summed E-state index contributed by atoms with van der Waals surface area (Å²) < 4.78 is 39.5. The van der Waals surface area contributed by atoms with Gasteiger partial charge in [0, 0.05) is 42.8 Å². The van der Waals surface area contributed by atoms with Crippen LogP contribution in [0.4, 0.5) is 24.7 Å². The number of aliphatic hydroxyl groups excluding tert-OH is 1. The Labute approximate surface area is 173 Å². The van der Waals surface area contributed by atoms with Gasteiger partial charge in [0.25, 0.3) is 0 Å². The van der Waals surface area contributed by atoms with E-state index in [9.17, 15) is 23.5 Å². The van der Waals surface area contributed by atoms with Gasteiger partial charge in [-0.3, -0.25) is 4.98 Å². The van der Waals surface area contributed by atoms with Crippen molar-refractivity contribution in [3.05, 3.63) is 47.4 Å². The smallest absolute Gasteiger partial charge is 0.393 e. The first kappa shape index (κ1) is 21.8. The van der Waals surface area contributed by atoms with Crippen LogP contribution in [0.5, 0.6) is 0 Å². The molecule has 2 aromatic heterocycles. The molecule has 0 aliphatic heterocycles. The number of aliphatic hydroxyl groups is 1. The van der Waals surface area contributed by atoms with E-state index < -0.39 is 11.7 Å². The largest absolute Gasteiger partial charge is 0.416 e. The molecule has 9 heteroatoms. The Kier molecular flexibility index (Phi) is 6.17. The third-order valence-electron chi connectivity index (χ3n) is 5.52. The number of anilines is 2. The van der Waals surface area contributed by atoms with Gasteiger partial charge >= 0.3 is 6.18 Å². The van der Waals surface area contributed by atoms with Crippen LogP contribution in [0.3, 0.4) is 0 Å². The maximum absolute atomic E-state index is 13.2. The van der Waals surface area contributed by atoms with E-state index >= 15 is 0 Å². The zero-order valence-electron chi connectivity index (χ0n) is 16.8. The van der Waals surface area contributed by atoms with Gasteiger partial charge in [-0.2, -0.15) is 18.4 Å². The molecule has 0 aromatic carbocycles. The molecule has 0 saturated heterocycles. The minimum Gasteiger partial charge on any atom is -0.393 e. The average Bonchev–Trinajstić information content (AvgIpc) is 2.68. The molecule has 3 rings (SSSR count). The van der Waals surface area contributed by atoms with Crippen molar-refractivity contribution in [2.24, 2.45) is 5.41 Å². The quantitative estimate of drug-likeness (QED) is 0.668. The number of alkyl halides is 3. The highest BCUT2D eigenvalue weighted by Crippen LogP contribution is 2.37. The van der Waals surface area contributed by atoms with Gasteiger partial charge in [-0.15, -0.1) is 0 Å². The highest BCUT2D eigenvalue weighted by molar-refractivity contribution is 5.62. The van der Waals surface area contributed by atoms with E-state index in [0.29, 0.717) is 23.5 Å². The first-order chi connectivity index (χ1) is 14.1. The minimum absolute atomic E-state index is 0.00804. The highest BCUT2D eigenvalue weighted by Gasteiger charge is 2.36. The second kappa shape index (κ2) is 8.48. The monoisotopic (exact) mass is 419 g/mol. The van der Waals surface area contributed by atoms with Crippen LogP contribution in [-0.4, -0.2) is 27.2 Å². The molecule has 0 spiro atoms. The maximum atomic E-state index is 13.2. The summed E-state index contributed by atoms with van der Waals surface area (Å²) in [5, 5.41) is 25.8. The van der Waals surface area contributed by atoms with Crippen molar-refractivity contribution in [2.45, 2.75) is 58.0 Å². The molecule has 1 fully saturated rings. The number of aromatic nitrogens is 2. The van der Waals surface area contributed by atoms with Crippen molar-refractivity contribution in [3.8, 4) is 6.07 Å². The predicted molar refractivity (Wildman–Crippen MR) is 107 cm³/mol. The summed E-state index contributed by atoms with van der Waals surface area (Å²) in [7, 11) is 0. The first-order valence-electron chi connectivity index (χ1n) is 9.69. The van der Waals surface area contributed by atoms with Crippen molar-refractivity contribution < 1.29 is 18.3 Å². The molecule has 160 valence electrons. The van der Waals surface area contributed by atoms with Crippen LogP contribution < -0.4 is 10.6 Å². The SMILES string of the molecule is CC1(C)C[C@@H](Nc2cc(NCc3cnccc3C(F)(F)F)ncc2C#N)CC[C@@H]1O. The Morgan fingerprint density at radius 3 is 2.73 bits per heavy atom. The average molecular weight is 419 g/mol. The number of nitrogens with zero attached hydrogens (tertiary/aromatic N) is 3. The van der Waals surface area contributed by atoms with Crippen LogP contribution in [0, 0.1) is 16.7 Å². The Balaban J connectivity index is 1.75. The second-order valence-corrected chi connectivity index (χ2v) is 8.24. The summed E-state index contributed by atoms with van der Waals surface area (Å²) in [6, 6.07) is 4.72. The van der Waals surface area contributed by atoms with Crippen molar-refractivity contribution in [1.82, 2.24) is 9.97 Å². The standard InChI is InChI=1S/C21H24F3N5O/c1-20(2)8-15(3-4-18(20)30)29-17-7-19(27-11-13(17)9-25)28-12-14-10-26-6-5-16(14)21(22,23)24/h5-7,10-11,15,18,30H,3-4,8,12H2,1-2H3,(H2,27,28,29)/t15-,18-/m0/s1. The van der Waals surface area contributed by atoms with E-state index in [1.807, 2.05) is 13.8 Å². The van der Waals surface area contributed by atoms with Crippen LogP contribution in [0.2, 0.25) is 0 Å². The Morgan fingerprint density at radius 1 is 1.30 bits per heavy atom. The fraction of sp³-hybridized carbons (Fsp3) is 0.476. The van der Waals surface area contributed by atoms with Crippen LogP contribution in [-0.2, 0) is 12.7 Å². The summed E-state index contributed by atoms with van der Waals surface area (Å²) in [6.07, 6.45) is 0.974. The van der Waals surface area contributed by atoms with Crippen LogP contribution in [0.1, 0.15) is 49.8 Å². The lowest BCUT2D eigenvalue weighted by Gasteiger charge is -2.40. The topological polar surface area (TPSA) is 93.9 Å². The Bertz CT molecular complexity index is 939. The molecular formula is C21H24F3N5O. The summed E-state index contributed by atoms with van der Waals surface area (Å²) >= 11 is 0. The van der Waals surface area contributed by atoms with Gasteiger partial charge in [-0.25, -0.2) is 4.98 Å².